The fourth-order valence-electron chi connectivity index (χ4n) is 4.05. The van der Waals surface area contributed by atoms with Crippen molar-refractivity contribution in [2.45, 2.75) is 25.3 Å². The molecule has 0 radical (unpaired) electrons. The summed E-state index contributed by atoms with van der Waals surface area (Å²) in [7, 11) is 2.22. The van der Waals surface area contributed by atoms with Crippen molar-refractivity contribution in [3.05, 3.63) is 0 Å². The lowest BCUT2D eigenvalue weighted by Crippen LogP contribution is -2.49. The number of nitrogens with two attached hydrogens (primary N) is 1. The Balaban J connectivity index is 1.55. The maximum Gasteiger partial charge on any atom is 0.0111 e. The van der Waals surface area contributed by atoms with Gasteiger partial charge in [0.25, 0.3) is 0 Å². The van der Waals surface area contributed by atoms with Gasteiger partial charge in [0.15, 0.2) is 0 Å². The van der Waals surface area contributed by atoms with Gasteiger partial charge in [-0.05, 0) is 44.1 Å². The van der Waals surface area contributed by atoms with Crippen molar-refractivity contribution in [1.82, 2.24) is 9.80 Å². The summed E-state index contributed by atoms with van der Waals surface area (Å²) in [5.74, 6) is 2.63. The molecule has 0 aromatic rings. The molecule has 0 aromatic carbocycles. The first-order valence-corrected chi connectivity index (χ1v) is 6.90. The van der Waals surface area contributed by atoms with Crippen LogP contribution >= 0.6 is 0 Å². The minimum atomic E-state index is 0.512. The third-order valence-electron chi connectivity index (χ3n) is 5.22. The van der Waals surface area contributed by atoms with Gasteiger partial charge in [0, 0.05) is 38.8 Å². The third-order valence-corrected chi connectivity index (χ3v) is 5.22. The van der Waals surface area contributed by atoms with Crippen LogP contribution in [0.1, 0.15) is 19.3 Å². The molecule has 3 aliphatic rings. The van der Waals surface area contributed by atoms with E-state index in [1.165, 1.54) is 52.0 Å². The second kappa shape index (κ2) is 4.28. The Labute approximate surface area is 99.0 Å². The van der Waals surface area contributed by atoms with Crippen molar-refractivity contribution < 1.29 is 0 Å². The highest BCUT2D eigenvalue weighted by Crippen LogP contribution is 2.47. The lowest BCUT2D eigenvalue weighted by atomic mass is 9.84. The number of hydrogen-bond acceptors (Lipinski definition) is 3. The zero-order valence-electron chi connectivity index (χ0n) is 10.4. The van der Waals surface area contributed by atoms with Crippen LogP contribution < -0.4 is 5.73 Å². The van der Waals surface area contributed by atoms with Gasteiger partial charge in [0.2, 0.25) is 0 Å². The lowest BCUT2D eigenvalue weighted by molar-refractivity contribution is 0.114. The van der Waals surface area contributed by atoms with E-state index in [-0.39, 0.29) is 0 Å². The van der Waals surface area contributed by atoms with Crippen molar-refractivity contribution >= 4 is 0 Å². The largest absolute Gasteiger partial charge is 0.327 e. The first-order valence-electron chi connectivity index (χ1n) is 6.90. The summed E-state index contributed by atoms with van der Waals surface area (Å²) in [6.07, 6.45) is 4.29. The van der Waals surface area contributed by atoms with Crippen LogP contribution in [0.15, 0.2) is 0 Å². The molecule has 3 nitrogen and oxygen atoms in total. The summed E-state index contributed by atoms with van der Waals surface area (Å²) >= 11 is 0. The van der Waals surface area contributed by atoms with Crippen LogP contribution in [-0.2, 0) is 0 Å². The van der Waals surface area contributed by atoms with E-state index in [9.17, 15) is 0 Å². The van der Waals surface area contributed by atoms with Crippen LogP contribution in [0.3, 0.4) is 0 Å². The third kappa shape index (κ3) is 1.89. The van der Waals surface area contributed by atoms with Gasteiger partial charge in [-0.15, -0.1) is 0 Å². The maximum absolute atomic E-state index is 6.37. The second-order valence-electron chi connectivity index (χ2n) is 6.18. The Morgan fingerprint density at radius 3 is 2.38 bits per heavy atom. The van der Waals surface area contributed by atoms with E-state index < -0.39 is 0 Å². The van der Waals surface area contributed by atoms with E-state index in [1.54, 1.807) is 0 Å². The molecular formula is C13H25N3. The minimum absolute atomic E-state index is 0.512. The Hall–Kier alpha value is -0.120. The van der Waals surface area contributed by atoms with Crippen molar-refractivity contribution in [3.8, 4) is 0 Å². The van der Waals surface area contributed by atoms with Gasteiger partial charge < -0.3 is 15.5 Å². The predicted molar refractivity (Wildman–Crippen MR) is 66.2 cm³/mol. The van der Waals surface area contributed by atoms with E-state index in [2.05, 4.69) is 16.8 Å². The van der Waals surface area contributed by atoms with Crippen molar-refractivity contribution in [2.75, 3.05) is 39.8 Å². The summed E-state index contributed by atoms with van der Waals surface area (Å²) < 4.78 is 0. The van der Waals surface area contributed by atoms with Crippen LogP contribution in [0.4, 0.5) is 0 Å². The van der Waals surface area contributed by atoms with Gasteiger partial charge in [-0.2, -0.15) is 0 Å². The second-order valence-corrected chi connectivity index (χ2v) is 6.18. The fraction of sp³-hybridized carbons (Fsp3) is 1.00. The molecule has 1 heterocycles. The molecule has 16 heavy (non-hydrogen) atoms. The molecule has 2 saturated carbocycles. The molecule has 1 aliphatic heterocycles. The summed E-state index contributed by atoms with van der Waals surface area (Å²) in [5, 5.41) is 0. The van der Waals surface area contributed by atoms with Gasteiger partial charge in [0.05, 0.1) is 0 Å². The van der Waals surface area contributed by atoms with Crippen LogP contribution in [-0.4, -0.2) is 55.6 Å². The Morgan fingerprint density at radius 1 is 1.06 bits per heavy atom. The van der Waals surface area contributed by atoms with E-state index in [0.717, 1.165) is 17.8 Å². The average molecular weight is 223 g/mol. The van der Waals surface area contributed by atoms with E-state index >= 15 is 0 Å². The van der Waals surface area contributed by atoms with Gasteiger partial charge in [-0.25, -0.2) is 0 Å². The Morgan fingerprint density at radius 2 is 1.75 bits per heavy atom. The van der Waals surface area contributed by atoms with Gasteiger partial charge >= 0.3 is 0 Å². The molecule has 1 saturated heterocycles. The number of rotatable bonds is 2. The number of hydrogen-bond donors (Lipinski definition) is 1. The first kappa shape index (κ1) is 11.0. The SMILES string of the molecule is CN1CCN(CC2C3CCC(C3)C2N)CC1. The molecule has 3 rings (SSSR count). The maximum atomic E-state index is 6.37. The van der Waals surface area contributed by atoms with Crippen LogP contribution in [0.5, 0.6) is 0 Å². The zero-order chi connectivity index (χ0) is 11.1. The molecule has 3 fully saturated rings. The topological polar surface area (TPSA) is 32.5 Å². The summed E-state index contributed by atoms with van der Waals surface area (Å²) in [6.45, 7) is 6.23. The van der Waals surface area contributed by atoms with E-state index in [0.29, 0.717) is 6.04 Å². The normalized spacial score (nSPS) is 45.4. The predicted octanol–water partition coefficient (Wildman–Crippen LogP) is 0.607. The van der Waals surface area contributed by atoms with Crippen LogP contribution in [0.2, 0.25) is 0 Å². The number of piperazine rings is 1. The molecule has 0 aromatic heterocycles. The number of fused-ring (bicyclic) bond motifs is 2. The summed E-state index contributed by atoms with van der Waals surface area (Å²) in [5.41, 5.74) is 6.37. The Bertz CT molecular complexity index is 246. The molecule has 0 spiro atoms. The molecule has 92 valence electrons. The van der Waals surface area contributed by atoms with Crippen LogP contribution in [0.25, 0.3) is 0 Å². The molecular weight excluding hydrogens is 198 g/mol. The highest BCUT2D eigenvalue weighted by Gasteiger charge is 2.45. The highest BCUT2D eigenvalue weighted by molar-refractivity contribution is 5.00. The van der Waals surface area contributed by atoms with E-state index in [1.807, 2.05) is 0 Å². The van der Waals surface area contributed by atoms with Crippen molar-refractivity contribution in [2.24, 2.45) is 23.5 Å². The molecule has 2 N–H and O–H groups in total. The highest BCUT2D eigenvalue weighted by atomic mass is 15.2. The minimum Gasteiger partial charge on any atom is -0.327 e. The molecule has 4 unspecified atom stereocenters. The molecule has 4 atom stereocenters. The smallest absolute Gasteiger partial charge is 0.0111 e. The van der Waals surface area contributed by atoms with Gasteiger partial charge in [-0.1, -0.05) is 0 Å². The number of nitrogens with zero attached hydrogens (tertiary/aromatic N) is 2. The van der Waals surface area contributed by atoms with Gasteiger partial charge in [-0.3, -0.25) is 0 Å². The van der Waals surface area contributed by atoms with Gasteiger partial charge in [0.1, 0.15) is 0 Å². The Kier molecular flexibility index (Phi) is 2.94. The fourth-order valence-corrected chi connectivity index (χ4v) is 4.05. The quantitative estimate of drug-likeness (QED) is 0.744. The van der Waals surface area contributed by atoms with Crippen molar-refractivity contribution in [3.63, 3.8) is 0 Å². The molecule has 3 heteroatoms. The summed E-state index contributed by atoms with van der Waals surface area (Å²) in [4.78, 5) is 5.07. The van der Waals surface area contributed by atoms with Crippen molar-refractivity contribution in [1.29, 1.82) is 0 Å². The van der Waals surface area contributed by atoms with Crippen LogP contribution in [0, 0.1) is 17.8 Å². The molecule has 0 amide bonds. The standard InChI is InChI=1S/C13H25N3/c1-15-4-6-16(7-5-15)9-12-10-2-3-11(8-10)13(12)14/h10-13H,2-9,14H2,1H3. The molecule has 2 bridgehead atoms. The molecule has 2 aliphatic carbocycles. The zero-order valence-corrected chi connectivity index (χ0v) is 10.4. The lowest BCUT2D eigenvalue weighted by Gasteiger charge is -2.37. The van der Waals surface area contributed by atoms with E-state index in [4.69, 9.17) is 5.73 Å². The number of likely N-dealkylation sites (N-methyl/N-ethyl adjacent to an activating group) is 1. The first-order chi connectivity index (χ1) is 7.74. The average Bonchev–Trinajstić information content (AvgIpc) is 2.85. The summed E-state index contributed by atoms with van der Waals surface area (Å²) in [6, 6.07) is 0.512. The monoisotopic (exact) mass is 223 g/mol.